The monoisotopic (exact) mass is 469 g/mol. The van der Waals surface area contributed by atoms with Gasteiger partial charge in [0.15, 0.2) is 0 Å². The van der Waals surface area contributed by atoms with Crippen molar-refractivity contribution in [1.29, 1.82) is 0 Å². The minimum atomic E-state index is -0.193. The summed E-state index contributed by atoms with van der Waals surface area (Å²) in [5.74, 6) is 0. The van der Waals surface area contributed by atoms with Crippen LogP contribution in [0, 0.1) is 3.57 Å². The number of hydrogen-bond donors (Lipinski definition) is 1. The third kappa shape index (κ3) is 2.74. The van der Waals surface area contributed by atoms with Gasteiger partial charge in [-0.2, -0.15) is 5.10 Å². The Hall–Kier alpha value is 0.0800. The van der Waals surface area contributed by atoms with Crippen molar-refractivity contribution in [1.82, 2.24) is 9.78 Å². The van der Waals surface area contributed by atoms with E-state index in [4.69, 9.17) is 5.73 Å². The molecule has 0 radical (unpaired) electrons. The summed E-state index contributed by atoms with van der Waals surface area (Å²) in [6.45, 7) is 0. The van der Waals surface area contributed by atoms with Gasteiger partial charge in [0.25, 0.3) is 0 Å². The lowest BCUT2D eigenvalue weighted by atomic mass is 10.1. The van der Waals surface area contributed by atoms with Crippen LogP contribution in [0.15, 0.2) is 33.3 Å². The molecule has 6 heteroatoms. The van der Waals surface area contributed by atoms with Gasteiger partial charge >= 0.3 is 0 Å². The van der Waals surface area contributed by atoms with E-state index in [9.17, 15) is 0 Å². The first-order valence-electron chi connectivity index (χ1n) is 4.88. The van der Waals surface area contributed by atoms with Gasteiger partial charge in [-0.1, -0.05) is 15.9 Å². The molecule has 0 bridgehead atoms. The quantitative estimate of drug-likeness (QED) is 0.682. The maximum absolute atomic E-state index is 6.32. The van der Waals surface area contributed by atoms with Crippen LogP contribution in [0.1, 0.15) is 17.3 Å². The molecule has 3 nitrogen and oxygen atoms in total. The highest BCUT2D eigenvalue weighted by Gasteiger charge is 2.19. The van der Waals surface area contributed by atoms with E-state index in [1.807, 2.05) is 25.2 Å². The molecule has 0 aliphatic rings. The van der Waals surface area contributed by atoms with Crippen LogP contribution in [0.5, 0.6) is 0 Å². The summed E-state index contributed by atoms with van der Waals surface area (Å²) >= 11 is 9.25. The zero-order chi connectivity index (χ0) is 12.6. The van der Waals surface area contributed by atoms with E-state index >= 15 is 0 Å². The molecular formula is C11H10Br2IN3. The van der Waals surface area contributed by atoms with Gasteiger partial charge in [0.2, 0.25) is 0 Å². The first-order chi connectivity index (χ1) is 8.00. The first kappa shape index (κ1) is 13.5. The fourth-order valence-electron chi connectivity index (χ4n) is 1.67. The molecule has 17 heavy (non-hydrogen) atoms. The molecule has 2 aromatic rings. The van der Waals surface area contributed by atoms with Crippen molar-refractivity contribution in [3.63, 3.8) is 0 Å². The minimum absolute atomic E-state index is 0.193. The Morgan fingerprint density at radius 2 is 2.12 bits per heavy atom. The number of benzene rings is 1. The Labute approximate surface area is 130 Å². The van der Waals surface area contributed by atoms with Crippen molar-refractivity contribution in [3.05, 3.63) is 48.2 Å². The van der Waals surface area contributed by atoms with Crippen LogP contribution in [0.3, 0.4) is 0 Å². The SMILES string of the molecule is Cn1ncc(Br)c1C(N)c1cc(Br)ccc1I. The largest absolute Gasteiger partial charge is 0.319 e. The summed E-state index contributed by atoms with van der Waals surface area (Å²) < 4.78 is 4.91. The van der Waals surface area contributed by atoms with Gasteiger partial charge in [0, 0.05) is 15.1 Å². The molecule has 0 fully saturated rings. The fraction of sp³-hybridized carbons (Fsp3) is 0.182. The van der Waals surface area contributed by atoms with Crippen LogP contribution < -0.4 is 5.73 Å². The predicted octanol–water partition coefficient (Wildman–Crippen LogP) is 3.60. The number of rotatable bonds is 2. The Bertz CT molecular complexity index is 534. The molecule has 1 heterocycles. The van der Waals surface area contributed by atoms with Crippen molar-refractivity contribution in [3.8, 4) is 0 Å². The summed E-state index contributed by atoms with van der Waals surface area (Å²) in [6, 6.07) is 5.91. The Morgan fingerprint density at radius 3 is 2.71 bits per heavy atom. The highest BCUT2D eigenvalue weighted by atomic mass is 127. The van der Waals surface area contributed by atoms with Crippen molar-refractivity contribution in [2.45, 2.75) is 6.04 Å². The summed E-state index contributed by atoms with van der Waals surface area (Å²) in [5, 5.41) is 4.19. The Balaban J connectivity index is 2.50. The molecule has 1 atom stereocenters. The molecule has 2 rings (SSSR count). The topological polar surface area (TPSA) is 43.8 Å². The highest BCUT2D eigenvalue weighted by Crippen LogP contribution is 2.30. The van der Waals surface area contributed by atoms with E-state index in [1.165, 1.54) is 0 Å². The molecular weight excluding hydrogens is 461 g/mol. The van der Waals surface area contributed by atoms with Crippen molar-refractivity contribution < 1.29 is 0 Å². The zero-order valence-corrected chi connectivity index (χ0v) is 14.3. The molecule has 1 aromatic heterocycles. The maximum atomic E-state index is 6.32. The lowest BCUT2D eigenvalue weighted by Gasteiger charge is -2.15. The maximum Gasteiger partial charge on any atom is 0.0745 e. The van der Waals surface area contributed by atoms with Crippen molar-refractivity contribution in [2.24, 2.45) is 12.8 Å². The Morgan fingerprint density at radius 1 is 1.41 bits per heavy atom. The van der Waals surface area contributed by atoms with Gasteiger partial charge in [-0.15, -0.1) is 0 Å². The molecule has 90 valence electrons. The van der Waals surface area contributed by atoms with E-state index in [1.54, 1.807) is 10.9 Å². The van der Waals surface area contributed by atoms with Crippen LogP contribution in [0.4, 0.5) is 0 Å². The molecule has 0 amide bonds. The lowest BCUT2D eigenvalue weighted by molar-refractivity contribution is 0.670. The first-order valence-corrected chi connectivity index (χ1v) is 7.55. The highest BCUT2D eigenvalue weighted by molar-refractivity contribution is 14.1. The lowest BCUT2D eigenvalue weighted by Crippen LogP contribution is -2.17. The molecule has 2 N–H and O–H groups in total. The van der Waals surface area contributed by atoms with Crippen LogP contribution >= 0.6 is 54.5 Å². The third-order valence-electron chi connectivity index (χ3n) is 2.53. The minimum Gasteiger partial charge on any atom is -0.319 e. The number of hydrogen-bond acceptors (Lipinski definition) is 2. The number of aromatic nitrogens is 2. The van der Waals surface area contributed by atoms with E-state index in [0.717, 1.165) is 23.8 Å². The van der Waals surface area contributed by atoms with Crippen molar-refractivity contribution in [2.75, 3.05) is 0 Å². The normalized spacial score (nSPS) is 12.8. The number of nitrogens with two attached hydrogens (primary N) is 1. The second kappa shape index (κ2) is 5.38. The van der Waals surface area contributed by atoms with Crippen LogP contribution in [0.25, 0.3) is 0 Å². The number of halogens is 3. The van der Waals surface area contributed by atoms with Crippen molar-refractivity contribution >= 4 is 54.5 Å². The molecule has 1 unspecified atom stereocenters. The molecule has 0 spiro atoms. The van der Waals surface area contributed by atoms with E-state index in [-0.39, 0.29) is 6.04 Å². The smallest absolute Gasteiger partial charge is 0.0745 e. The number of aryl methyl sites for hydroxylation is 1. The fourth-order valence-corrected chi connectivity index (χ4v) is 3.31. The van der Waals surface area contributed by atoms with Gasteiger partial charge in [-0.25, -0.2) is 0 Å². The van der Waals surface area contributed by atoms with Crippen LogP contribution in [-0.4, -0.2) is 9.78 Å². The zero-order valence-electron chi connectivity index (χ0n) is 8.99. The van der Waals surface area contributed by atoms with E-state index in [0.29, 0.717) is 0 Å². The standard InChI is InChI=1S/C11H10Br2IN3/c1-17-11(8(13)5-16-17)10(15)7-4-6(12)2-3-9(7)14/h2-5,10H,15H2,1H3. The van der Waals surface area contributed by atoms with Gasteiger partial charge in [-0.3, -0.25) is 4.68 Å². The molecule has 0 saturated heterocycles. The van der Waals surface area contributed by atoms with E-state index in [2.05, 4.69) is 59.5 Å². The molecule has 0 aliphatic carbocycles. The summed E-state index contributed by atoms with van der Waals surface area (Å²) in [4.78, 5) is 0. The molecule has 0 aliphatic heterocycles. The molecule has 0 saturated carbocycles. The van der Waals surface area contributed by atoms with Gasteiger partial charge in [0.05, 0.1) is 22.4 Å². The van der Waals surface area contributed by atoms with E-state index < -0.39 is 0 Å². The average Bonchev–Trinajstić information content (AvgIpc) is 2.61. The number of nitrogens with zero attached hydrogens (tertiary/aromatic N) is 2. The third-order valence-corrected chi connectivity index (χ3v) is 4.61. The van der Waals surface area contributed by atoms with Crippen LogP contribution in [0.2, 0.25) is 0 Å². The average molecular weight is 471 g/mol. The Kier molecular flexibility index (Phi) is 4.27. The van der Waals surface area contributed by atoms with Gasteiger partial charge in [0.1, 0.15) is 0 Å². The summed E-state index contributed by atoms with van der Waals surface area (Å²) in [7, 11) is 1.89. The van der Waals surface area contributed by atoms with Crippen LogP contribution in [-0.2, 0) is 7.05 Å². The second-order valence-corrected chi connectivity index (χ2v) is 6.58. The van der Waals surface area contributed by atoms with Gasteiger partial charge < -0.3 is 5.73 Å². The second-order valence-electron chi connectivity index (χ2n) is 3.64. The summed E-state index contributed by atoms with van der Waals surface area (Å²) in [5.41, 5.74) is 8.38. The molecule has 1 aromatic carbocycles. The predicted molar refractivity (Wildman–Crippen MR) is 83.8 cm³/mol. The summed E-state index contributed by atoms with van der Waals surface area (Å²) in [6.07, 6.45) is 1.76. The van der Waals surface area contributed by atoms with Gasteiger partial charge in [-0.05, 0) is 62.3 Å².